The molecule has 6 heteroatoms. The van der Waals surface area contributed by atoms with E-state index < -0.39 is 0 Å². The van der Waals surface area contributed by atoms with E-state index in [4.69, 9.17) is 9.72 Å². The van der Waals surface area contributed by atoms with E-state index in [0.29, 0.717) is 11.5 Å². The molecule has 2 aromatic heterocycles. The summed E-state index contributed by atoms with van der Waals surface area (Å²) in [5.41, 5.74) is 12.5. The standard InChI is InChI=1S/C49H33N4O.Pt/c1-51-33-52(47-27-11-10-26-46(47)51)37-19-12-20-39(31-37)54-40-30-36(29-38(32-40)53-45-25-9-8-21-43(45)44-24-14-28-50-49(44)53)48-41(34-15-4-2-5-16-34)22-13-23-42(48)35-17-6-3-7-18-35;/h2-30,33H,1H3;/q-3;. The Balaban J connectivity index is 0.00000397. The summed E-state index contributed by atoms with van der Waals surface area (Å²) in [5, 5.41) is 2.21. The molecule has 55 heavy (non-hydrogen) atoms. The molecule has 9 aromatic rings. The summed E-state index contributed by atoms with van der Waals surface area (Å²) in [6, 6.07) is 66.2. The van der Waals surface area contributed by atoms with Crippen molar-refractivity contribution in [1.82, 2.24) is 9.55 Å². The molecule has 0 spiro atoms. The second-order valence-corrected chi connectivity index (χ2v) is 13.4. The molecule has 0 radical (unpaired) electrons. The molecule has 5 nitrogen and oxygen atoms in total. The van der Waals surface area contributed by atoms with Crippen LogP contribution in [0.1, 0.15) is 0 Å². The number of para-hydroxylation sites is 3. The Labute approximate surface area is 335 Å². The van der Waals surface area contributed by atoms with Gasteiger partial charge in [0.1, 0.15) is 5.65 Å². The third-order valence-corrected chi connectivity index (χ3v) is 10.1. The van der Waals surface area contributed by atoms with Crippen LogP contribution in [0.5, 0.6) is 11.5 Å². The summed E-state index contributed by atoms with van der Waals surface area (Å²) in [6.45, 7) is 2.08. The zero-order valence-corrected chi connectivity index (χ0v) is 32.1. The molecule has 0 saturated carbocycles. The summed E-state index contributed by atoms with van der Waals surface area (Å²) in [5.74, 6) is 1.16. The molecule has 1 aliphatic heterocycles. The summed E-state index contributed by atoms with van der Waals surface area (Å²) < 4.78 is 9.01. The van der Waals surface area contributed by atoms with E-state index in [0.717, 1.165) is 78.1 Å². The van der Waals surface area contributed by atoms with Crippen LogP contribution < -0.4 is 14.5 Å². The fourth-order valence-corrected chi connectivity index (χ4v) is 7.68. The van der Waals surface area contributed by atoms with E-state index in [1.165, 1.54) is 0 Å². The first kappa shape index (κ1) is 34.4. The van der Waals surface area contributed by atoms with Crippen LogP contribution in [-0.4, -0.2) is 16.6 Å². The van der Waals surface area contributed by atoms with Gasteiger partial charge in [-0.15, -0.1) is 47.6 Å². The van der Waals surface area contributed by atoms with Crippen molar-refractivity contribution >= 4 is 39.0 Å². The zero-order valence-electron chi connectivity index (χ0n) is 29.8. The van der Waals surface area contributed by atoms with Gasteiger partial charge < -0.3 is 19.1 Å². The number of hydrogen-bond acceptors (Lipinski definition) is 4. The van der Waals surface area contributed by atoms with E-state index in [2.05, 4.69) is 192 Å². The number of aromatic nitrogens is 2. The maximum absolute atomic E-state index is 6.81. The monoisotopic (exact) mass is 888 g/mol. The van der Waals surface area contributed by atoms with Gasteiger partial charge in [0, 0.05) is 60.9 Å². The molecule has 0 amide bonds. The average molecular weight is 889 g/mol. The Morgan fingerprint density at radius 1 is 0.545 bits per heavy atom. The molecule has 10 rings (SSSR count). The Kier molecular flexibility index (Phi) is 9.01. The summed E-state index contributed by atoms with van der Waals surface area (Å²) >= 11 is 0. The van der Waals surface area contributed by atoms with Crippen molar-refractivity contribution in [3.05, 3.63) is 195 Å². The van der Waals surface area contributed by atoms with E-state index in [-0.39, 0.29) is 21.1 Å². The second kappa shape index (κ2) is 14.4. The molecule has 0 N–H and O–H groups in total. The van der Waals surface area contributed by atoms with Crippen molar-refractivity contribution in [3.8, 4) is 50.6 Å². The van der Waals surface area contributed by atoms with Gasteiger partial charge >= 0.3 is 0 Å². The van der Waals surface area contributed by atoms with Gasteiger partial charge in [0.15, 0.2) is 0 Å². The van der Waals surface area contributed by atoms with Gasteiger partial charge in [-0.1, -0.05) is 115 Å². The molecule has 0 atom stereocenters. The number of rotatable bonds is 7. The number of pyridine rings is 1. The van der Waals surface area contributed by atoms with Gasteiger partial charge in [0.2, 0.25) is 0 Å². The zero-order chi connectivity index (χ0) is 36.0. The van der Waals surface area contributed by atoms with Crippen molar-refractivity contribution in [2.75, 3.05) is 16.8 Å². The van der Waals surface area contributed by atoms with E-state index in [9.17, 15) is 0 Å². The number of fused-ring (bicyclic) bond motifs is 4. The molecule has 0 aliphatic carbocycles. The van der Waals surface area contributed by atoms with Crippen LogP contribution in [0.2, 0.25) is 0 Å². The molecule has 7 aromatic carbocycles. The van der Waals surface area contributed by atoms with Crippen LogP contribution in [0, 0.1) is 18.8 Å². The van der Waals surface area contributed by atoms with Crippen LogP contribution in [0.15, 0.2) is 176 Å². The van der Waals surface area contributed by atoms with Crippen LogP contribution in [0.25, 0.3) is 61.0 Å². The average Bonchev–Trinajstić information content (AvgIpc) is 3.76. The van der Waals surface area contributed by atoms with Gasteiger partial charge in [0.05, 0.1) is 5.52 Å². The minimum atomic E-state index is 0. The predicted molar refractivity (Wildman–Crippen MR) is 220 cm³/mol. The molecule has 1 aliphatic rings. The van der Waals surface area contributed by atoms with Gasteiger partial charge in [-0.25, -0.2) is 4.98 Å². The first-order valence-corrected chi connectivity index (χ1v) is 18.0. The topological polar surface area (TPSA) is 33.5 Å². The maximum atomic E-state index is 6.81. The van der Waals surface area contributed by atoms with Gasteiger partial charge in [-0.3, -0.25) is 0 Å². The minimum Gasteiger partial charge on any atom is -0.509 e. The molecule has 0 fully saturated rings. The quantitative estimate of drug-likeness (QED) is 0.149. The van der Waals surface area contributed by atoms with Gasteiger partial charge in [-0.05, 0) is 65.2 Å². The number of nitrogens with zero attached hydrogens (tertiary/aromatic N) is 4. The second-order valence-electron chi connectivity index (χ2n) is 13.4. The number of anilines is 3. The van der Waals surface area contributed by atoms with Crippen molar-refractivity contribution in [2.24, 2.45) is 0 Å². The van der Waals surface area contributed by atoms with Crippen molar-refractivity contribution < 1.29 is 25.8 Å². The van der Waals surface area contributed by atoms with E-state index >= 15 is 0 Å². The van der Waals surface area contributed by atoms with E-state index in [1.54, 1.807) is 0 Å². The Bertz CT molecular complexity index is 2710. The Hall–Kier alpha value is -6.42. The minimum absolute atomic E-state index is 0. The Morgan fingerprint density at radius 3 is 1.95 bits per heavy atom. The smallest absolute Gasteiger partial charge is 0.143 e. The van der Waals surface area contributed by atoms with Crippen molar-refractivity contribution in [3.63, 3.8) is 0 Å². The third kappa shape index (κ3) is 6.17. The SMILES string of the molecule is CN1[CH-]N(c2[c-]c(Oc3[c-]c(-n4c5ccccc5c5cccnc54)cc(-c4c(-c5ccccc5)cccc4-c4ccccc4)c3)ccc2)c2ccccc21.[Pt]. The maximum Gasteiger partial charge on any atom is 0.143 e. The third-order valence-electron chi connectivity index (χ3n) is 10.1. The van der Waals surface area contributed by atoms with Crippen molar-refractivity contribution in [2.45, 2.75) is 0 Å². The fourth-order valence-electron chi connectivity index (χ4n) is 7.68. The van der Waals surface area contributed by atoms with Crippen LogP contribution in [-0.2, 0) is 21.1 Å². The summed E-state index contributed by atoms with van der Waals surface area (Å²) in [4.78, 5) is 9.16. The van der Waals surface area contributed by atoms with Crippen LogP contribution in [0.4, 0.5) is 17.1 Å². The normalized spacial score (nSPS) is 12.2. The molecule has 3 heterocycles. The molecule has 0 saturated heterocycles. The molecule has 268 valence electrons. The van der Waals surface area contributed by atoms with E-state index in [1.807, 2.05) is 24.4 Å². The number of ether oxygens (including phenoxy) is 1. The number of hydrogen-bond donors (Lipinski definition) is 0. The van der Waals surface area contributed by atoms with Gasteiger partial charge in [-0.2, -0.15) is 12.7 Å². The van der Waals surface area contributed by atoms with Crippen LogP contribution in [0.3, 0.4) is 0 Å². The first-order valence-electron chi connectivity index (χ1n) is 18.0. The molecule has 0 unspecified atom stereocenters. The fraction of sp³-hybridized carbons (Fsp3) is 0.0204. The largest absolute Gasteiger partial charge is 0.509 e. The van der Waals surface area contributed by atoms with Crippen LogP contribution >= 0.6 is 0 Å². The van der Waals surface area contributed by atoms with Crippen molar-refractivity contribution in [1.29, 1.82) is 0 Å². The predicted octanol–water partition coefficient (Wildman–Crippen LogP) is 12.3. The van der Waals surface area contributed by atoms with Gasteiger partial charge in [0.25, 0.3) is 0 Å². The number of benzene rings is 7. The molecular formula is C49H33N4OPt-3. The summed E-state index contributed by atoms with van der Waals surface area (Å²) in [7, 11) is 2.06. The molecular weight excluding hydrogens is 856 g/mol. The Morgan fingerprint density at radius 2 is 1.18 bits per heavy atom. The molecule has 0 bridgehead atoms. The summed E-state index contributed by atoms with van der Waals surface area (Å²) in [6.07, 6.45) is 1.85. The first-order chi connectivity index (χ1) is 26.7.